The molecule has 2 aromatic heterocycles. The predicted molar refractivity (Wildman–Crippen MR) is 166 cm³/mol. The molecule has 0 saturated carbocycles. The van der Waals surface area contributed by atoms with Crippen molar-refractivity contribution in [2.75, 3.05) is 51.2 Å². The summed E-state index contributed by atoms with van der Waals surface area (Å²) in [6.45, 7) is 1.91. The maximum atomic E-state index is 5.60. The zero-order valence-corrected chi connectivity index (χ0v) is 26.2. The molecule has 4 rings (SSSR count). The van der Waals surface area contributed by atoms with Crippen LogP contribution in [0.15, 0.2) is 80.0 Å². The van der Waals surface area contributed by atoms with Crippen LogP contribution >= 0.6 is 22.7 Å². The summed E-state index contributed by atoms with van der Waals surface area (Å²) < 4.78 is 15.1. The van der Waals surface area contributed by atoms with Crippen LogP contribution in [0.25, 0.3) is 0 Å². The molecule has 0 radical (unpaired) electrons. The maximum Gasteiger partial charge on any atom is 0.408 e. The molecule has 0 amide bonds. The lowest BCUT2D eigenvalue weighted by atomic mass is 10.2. The van der Waals surface area contributed by atoms with E-state index in [0.717, 1.165) is 54.0 Å². The molecule has 0 bridgehead atoms. The number of thiazole rings is 2. The first-order chi connectivity index (χ1) is 19.9. The molecular weight excluding hydrogens is 557 g/mol. The number of rotatable bonds is 14. The minimum atomic E-state index is 0.711. The van der Waals surface area contributed by atoms with Gasteiger partial charge >= 0.3 is 10.3 Å². The Hall–Kier alpha value is -3.90. The van der Waals surface area contributed by atoms with Crippen molar-refractivity contribution < 1.29 is 18.6 Å². The largest absolute Gasteiger partial charge is 0.494 e. The topological polar surface area (TPSA) is 82.1 Å². The standard InChI is InChI=1S/C29H38N8O2S2/c1-34(22-10-12-24(26(20-22)38-5)30-32-28-36(3)16-18-40-28)14-8-7-9-15-35(2)23-11-13-25(27(21-23)39-6)31-33-29-37(4)17-19-41-29/h10-13,16-21H,7-9,14-15H2,1-6H3/q+2. The van der Waals surface area contributed by atoms with Crippen molar-refractivity contribution in [1.82, 2.24) is 0 Å². The molecule has 0 aliphatic carbocycles. The third kappa shape index (κ3) is 8.08. The van der Waals surface area contributed by atoms with Gasteiger partial charge in [-0.1, -0.05) is 0 Å². The molecular formula is C29H38N8O2S2+2. The highest BCUT2D eigenvalue weighted by Gasteiger charge is 2.13. The van der Waals surface area contributed by atoms with E-state index < -0.39 is 0 Å². The maximum absolute atomic E-state index is 5.60. The number of hydrogen-bond donors (Lipinski definition) is 0. The molecule has 2 heterocycles. The van der Waals surface area contributed by atoms with Gasteiger partial charge in [0.25, 0.3) is 0 Å². The number of aryl methyl sites for hydroxylation is 2. The van der Waals surface area contributed by atoms with Gasteiger partial charge in [-0.2, -0.15) is 0 Å². The summed E-state index contributed by atoms with van der Waals surface area (Å²) in [6, 6.07) is 12.1. The fourth-order valence-electron chi connectivity index (χ4n) is 4.15. The van der Waals surface area contributed by atoms with Crippen LogP contribution in [-0.4, -0.2) is 41.4 Å². The van der Waals surface area contributed by atoms with Crippen molar-refractivity contribution >= 4 is 55.7 Å². The number of benzene rings is 2. The summed E-state index contributed by atoms with van der Waals surface area (Å²) in [4.78, 5) is 4.50. The first kappa shape index (κ1) is 30.1. The van der Waals surface area contributed by atoms with Gasteiger partial charge in [0, 0.05) is 61.5 Å². The SMILES string of the molecule is COc1cc(N(C)CCCCCN(C)c2ccc(/N=N/c3scc[n+]3C)c(OC)c2)ccc1/N=N/c1scc[n+]1C. The molecule has 0 atom stereocenters. The molecule has 0 unspecified atom stereocenters. The summed E-state index contributed by atoms with van der Waals surface area (Å²) in [6.07, 6.45) is 7.22. The molecule has 10 nitrogen and oxygen atoms in total. The number of unbranched alkanes of at least 4 members (excludes halogenated alkanes) is 2. The summed E-state index contributed by atoms with van der Waals surface area (Å²) >= 11 is 3.09. The second kappa shape index (κ2) is 14.6. The number of ether oxygens (including phenoxy) is 2. The molecule has 216 valence electrons. The van der Waals surface area contributed by atoms with Crippen molar-refractivity contribution in [3.05, 3.63) is 59.6 Å². The van der Waals surface area contributed by atoms with Gasteiger partial charge < -0.3 is 19.3 Å². The Morgan fingerprint density at radius 2 is 1.10 bits per heavy atom. The number of nitrogens with zero attached hydrogens (tertiary/aromatic N) is 8. The van der Waals surface area contributed by atoms with E-state index in [2.05, 4.69) is 56.5 Å². The second-order valence-corrected chi connectivity index (χ2v) is 11.4. The number of methoxy groups -OCH3 is 2. The Labute approximate surface area is 249 Å². The highest BCUT2D eigenvalue weighted by atomic mass is 32.1. The van der Waals surface area contributed by atoms with E-state index in [0.29, 0.717) is 22.9 Å². The fraction of sp³-hybridized carbons (Fsp3) is 0.379. The minimum absolute atomic E-state index is 0.711. The lowest BCUT2D eigenvalue weighted by Crippen LogP contribution is -2.23. The Bertz CT molecular complexity index is 1370. The smallest absolute Gasteiger partial charge is 0.408 e. The third-order valence-corrected chi connectivity index (χ3v) is 8.38. The van der Waals surface area contributed by atoms with E-state index in [1.54, 1.807) is 36.9 Å². The van der Waals surface area contributed by atoms with Gasteiger partial charge in [-0.15, -0.1) is 0 Å². The molecule has 12 heteroatoms. The van der Waals surface area contributed by atoms with E-state index in [-0.39, 0.29) is 0 Å². The predicted octanol–water partition coefficient (Wildman–Crippen LogP) is 7.05. The molecule has 4 aromatic rings. The van der Waals surface area contributed by atoms with Crippen LogP contribution in [0.5, 0.6) is 11.5 Å². The van der Waals surface area contributed by atoms with Crippen LogP contribution in [-0.2, 0) is 14.1 Å². The molecule has 0 N–H and O–H groups in total. The first-order valence-corrected chi connectivity index (χ1v) is 15.1. The van der Waals surface area contributed by atoms with Crippen molar-refractivity contribution in [2.24, 2.45) is 34.6 Å². The minimum Gasteiger partial charge on any atom is -0.494 e. The zero-order valence-electron chi connectivity index (χ0n) is 24.5. The number of hydrogen-bond acceptors (Lipinski definition) is 10. The number of anilines is 2. The average Bonchev–Trinajstić information content (AvgIpc) is 3.60. The van der Waals surface area contributed by atoms with Crippen LogP contribution in [0, 0.1) is 0 Å². The number of aromatic nitrogens is 2. The van der Waals surface area contributed by atoms with Crippen LogP contribution < -0.4 is 28.4 Å². The Morgan fingerprint density at radius 1 is 0.659 bits per heavy atom. The summed E-state index contributed by atoms with van der Waals surface area (Å²) in [7, 11) is 11.5. The van der Waals surface area contributed by atoms with Crippen molar-refractivity contribution in [3.8, 4) is 11.5 Å². The monoisotopic (exact) mass is 594 g/mol. The Kier molecular flexibility index (Phi) is 10.7. The average molecular weight is 595 g/mol. The molecule has 0 spiro atoms. The highest BCUT2D eigenvalue weighted by Crippen LogP contribution is 2.34. The second-order valence-electron chi connectivity index (χ2n) is 9.61. The van der Waals surface area contributed by atoms with E-state index in [1.807, 2.05) is 70.6 Å². The lowest BCUT2D eigenvalue weighted by Gasteiger charge is -2.22. The van der Waals surface area contributed by atoms with E-state index in [4.69, 9.17) is 9.47 Å². The fourth-order valence-corrected chi connectivity index (χ4v) is 5.51. The van der Waals surface area contributed by atoms with Gasteiger partial charge in [0.2, 0.25) is 0 Å². The van der Waals surface area contributed by atoms with E-state index in [9.17, 15) is 0 Å². The Balaban J connectivity index is 1.24. The van der Waals surface area contributed by atoms with Crippen LogP contribution in [0.3, 0.4) is 0 Å². The number of azo groups is 2. The van der Waals surface area contributed by atoms with Crippen molar-refractivity contribution in [1.29, 1.82) is 0 Å². The molecule has 0 aliphatic rings. The molecule has 0 aliphatic heterocycles. The highest BCUT2D eigenvalue weighted by molar-refractivity contribution is 7.13. The molecule has 41 heavy (non-hydrogen) atoms. The molecule has 0 fully saturated rings. The lowest BCUT2D eigenvalue weighted by molar-refractivity contribution is -0.654. The van der Waals surface area contributed by atoms with Gasteiger partial charge in [-0.25, -0.2) is 9.13 Å². The normalized spacial score (nSPS) is 11.5. The molecule has 2 aromatic carbocycles. The molecule has 0 saturated heterocycles. The van der Waals surface area contributed by atoms with Gasteiger partial charge in [0.1, 0.15) is 12.4 Å². The first-order valence-electron chi connectivity index (χ1n) is 13.4. The van der Waals surface area contributed by atoms with Gasteiger partial charge in [-0.3, -0.25) is 0 Å². The summed E-state index contributed by atoms with van der Waals surface area (Å²) in [5.41, 5.74) is 3.62. The Morgan fingerprint density at radius 3 is 1.46 bits per heavy atom. The van der Waals surface area contributed by atoms with Gasteiger partial charge in [0.15, 0.2) is 22.9 Å². The van der Waals surface area contributed by atoms with Gasteiger partial charge in [0.05, 0.1) is 38.5 Å². The third-order valence-electron chi connectivity index (χ3n) is 6.70. The van der Waals surface area contributed by atoms with Crippen LogP contribution in [0.1, 0.15) is 19.3 Å². The zero-order chi connectivity index (χ0) is 29.2. The van der Waals surface area contributed by atoms with Crippen molar-refractivity contribution in [3.63, 3.8) is 0 Å². The quantitative estimate of drug-likeness (QED) is 0.0890. The van der Waals surface area contributed by atoms with E-state index in [1.165, 1.54) is 0 Å². The van der Waals surface area contributed by atoms with E-state index >= 15 is 0 Å². The summed E-state index contributed by atoms with van der Waals surface area (Å²) in [5, 5.41) is 23.1. The van der Waals surface area contributed by atoms with Crippen LogP contribution in [0.4, 0.5) is 33.0 Å². The van der Waals surface area contributed by atoms with Gasteiger partial charge in [-0.05, 0) is 76.4 Å². The van der Waals surface area contributed by atoms with Crippen LogP contribution in [0.2, 0.25) is 0 Å². The summed E-state index contributed by atoms with van der Waals surface area (Å²) in [5.74, 6) is 1.42. The van der Waals surface area contributed by atoms with Crippen molar-refractivity contribution in [2.45, 2.75) is 19.3 Å².